The lowest BCUT2D eigenvalue weighted by molar-refractivity contribution is -0.116. The quantitative estimate of drug-likeness (QED) is 0.782. The van der Waals surface area contributed by atoms with Gasteiger partial charge in [0.15, 0.2) is 5.13 Å². The molecular formula is C11H15N3OS. The number of aromatic nitrogens is 1. The van der Waals surface area contributed by atoms with E-state index in [1.54, 1.807) is 6.20 Å². The molecule has 0 fully saturated rings. The number of nitrogens with one attached hydrogen (secondary N) is 1. The molecule has 0 bridgehead atoms. The van der Waals surface area contributed by atoms with Gasteiger partial charge >= 0.3 is 0 Å². The number of carbonyl (C=O) groups is 1. The minimum absolute atomic E-state index is 0.0114. The first kappa shape index (κ1) is 12.7. The molecule has 1 rings (SSSR count). The smallest absolute Gasteiger partial charge is 0.226 e. The molecule has 0 aliphatic carbocycles. The number of hydrogen-bond acceptors (Lipinski definition) is 4. The van der Waals surface area contributed by atoms with Crippen molar-refractivity contribution >= 4 is 22.4 Å². The van der Waals surface area contributed by atoms with Gasteiger partial charge in [-0.3, -0.25) is 4.79 Å². The minimum atomic E-state index is -0.0114. The summed E-state index contributed by atoms with van der Waals surface area (Å²) in [4.78, 5) is 16.3. The number of amides is 1. The summed E-state index contributed by atoms with van der Waals surface area (Å²) in [6.45, 7) is 4.33. The van der Waals surface area contributed by atoms with Crippen LogP contribution in [0.15, 0.2) is 6.20 Å². The number of nitrogens with two attached hydrogens (primary N) is 1. The fourth-order valence-electron chi connectivity index (χ4n) is 1.07. The Morgan fingerprint density at radius 1 is 1.69 bits per heavy atom. The summed E-state index contributed by atoms with van der Waals surface area (Å²) in [5.74, 6) is 5.94. The molecule has 0 spiro atoms. The third-order valence-electron chi connectivity index (χ3n) is 1.66. The molecular weight excluding hydrogens is 222 g/mol. The molecule has 0 aromatic carbocycles. The molecule has 0 unspecified atom stereocenters. The van der Waals surface area contributed by atoms with E-state index in [4.69, 9.17) is 5.73 Å². The van der Waals surface area contributed by atoms with Crippen LogP contribution in [0.25, 0.3) is 0 Å². The van der Waals surface area contributed by atoms with Crippen molar-refractivity contribution in [3.63, 3.8) is 0 Å². The van der Waals surface area contributed by atoms with E-state index >= 15 is 0 Å². The number of anilines is 1. The first-order valence-electron chi connectivity index (χ1n) is 5.06. The molecule has 16 heavy (non-hydrogen) atoms. The van der Waals surface area contributed by atoms with Gasteiger partial charge in [-0.1, -0.05) is 37.0 Å². The van der Waals surface area contributed by atoms with Crippen LogP contribution in [-0.2, 0) is 4.79 Å². The van der Waals surface area contributed by atoms with E-state index in [0.717, 1.165) is 4.88 Å². The molecule has 0 aliphatic heterocycles. The van der Waals surface area contributed by atoms with Crippen molar-refractivity contribution in [3.8, 4) is 11.8 Å². The SMILES string of the molecule is CC(C)CC(=O)Nc1ncc(C#CCN)s1. The van der Waals surface area contributed by atoms with Crippen LogP contribution in [-0.4, -0.2) is 17.4 Å². The fourth-order valence-corrected chi connectivity index (χ4v) is 1.78. The first-order valence-corrected chi connectivity index (χ1v) is 5.88. The second-order valence-electron chi connectivity index (χ2n) is 3.68. The van der Waals surface area contributed by atoms with Crippen LogP contribution >= 0.6 is 11.3 Å². The molecule has 4 nitrogen and oxygen atoms in total. The van der Waals surface area contributed by atoms with Gasteiger partial charge < -0.3 is 11.1 Å². The summed E-state index contributed by atoms with van der Waals surface area (Å²) in [6, 6.07) is 0. The third-order valence-corrected chi connectivity index (χ3v) is 2.49. The highest BCUT2D eigenvalue weighted by molar-refractivity contribution is 7.16. The molecule has 5 heteroatoms. The maximum atomic E-state index is 11.4. The van der Waals surface area contributed by atoms with Crippen molar-refractivity contribution in [2.75, 3.05) is 11.9 Å². The van der Waals surface area contributed by atoms with E-state index in [1.165, 1.54) is 11.3 Å². The summed E-state index contributed by atoms with van der Waals surface area (Å²) < 4.78 is 0. The van der Waals surface area contributed by atoms with Crippen LogP contribution < -0.4 is 11.1 Å². The molecule has 3 N–H and O–H groups in total. The lowest BCUT2D eigenvalue weighted by Crippen LogP contribution is -2.13. The largest absolute Gasteiger partial charge is 0.320 e. The molecule has 1 heterocycles. The molecule has 1 amide bonds. The van der Waals surface area contributed by atoms with Crippen molar-refractivity contribution in [1.82, 2.24) is 4.98 Å². The highest BCUT2D eigenvalue weighted by Gasteiger charge is 2.07. The molecule has 86 valence electrons. The topological polar surface area (TPSA) is 68.0 Å². The van der Waals surface area contributed by atoms with Gasteiger partial charge in [-0.15, -0.1) is 0 Å². The Morgan fingerprint density at radius 2 is 2.44 bits per heavy atom. The number of nitrogens with zero attached hydrogens (tertiary/aromatic N) is 1. The van der Waals surface area contributed by atoms with Crippen LogP contribution in [0.3, 0.4) is 0 Å². The Labute approximate surface area is 99.3 Å². The standard InChI is InChI=1S/C11H15N3OS/c1-8(2)6-10(15)14-11-13-7-9(16-11)4-3-5-12/h7-8H,5-6,12H2,1-2H3,(H,13,14,15). The summed E-state index contributed by atoms with van der Waals surface area (Å²) in [7, 11) is 0. The van der Waals surface area contributed by atoms with Gasteiger partial charge in [0, 0.05) is 6.42 Å². The van der Waals surface area contributed by atoms with E-state index in [2.05, 4.69) is 22.1 Å². The van der Waals surface area contributed by atoms with Crippen LogP contribution in [0.1, 0.15) is 25.1 Å². The predicted octanol–water partition coefficient (Wildman–Crippen LogP) is 1.44. The maximum absolute atomic E-state index is 11.4. The van der Waals surface area contributed by atoms with Gasteiger partial charge in [0.2, 0.25) is 5.91 Å². The zero-order valence-corrected chi connectivity index (χ0v) is 10.2. The van der Waals surface area contributed by atoms with E-state index in [-0.39, 0.29) is 5.91 Å². The molecule has 0 radical (unpaired) electrons. The zero-order valence-electron chi connectivity index (χ0n) is 9.41. The molecule has 0 atom stereocenters. The molecule has 0 aliphatic rings. The summed E-state index contributed by atoms with van der Waals surface area (Å²) in [5.41, 5.74) is 5.26. The Hall–Kier alpha value is -1.38. The fraction of sp³-hybridized carbons (Fsp3) is 0.455. The Bertz CT molecular complexity index is 414. The Kier molecular flexibility index (Phi) is 4.96. The summed E-state index contributed by atoms with van der Waals surface area (Å²) in [6.07, 6.45) is 2.14. The van der Waals surface area contributed by atoms with Crippen molar-refractivity contribution < 1.29 is 4.79 Å². The number of thiazole rings is 1. The second-order valence-corrected chi connectivity index (χ2v) is 4.71. The van der Waals surface area contributed by atoms with Crippen LogP contribution in [0.5, 0.6) is 0 Å². The summed E-state index contributed by atoms with van der Waals surface area (Å²) in [5, 5.41) is 3.33. The molecule has 0 saturated heterocycles. The van der Waals surface area contributed by atoms with Crippen LogP contribution in [0, 0.1) is 17.8 Å². The lowest BCUT2D eigenvalue weighted by Gasteiger charge is -2.03. The first-order chi connectivity index (χ1) is 7.61. The zero-order chi connectivity index (χ0) is 12.0. The molecule has 1 aromatic rings. The highest BCUT2D eigenvalue weighted by atomic mass is 32.1. The Morgan fingerprint density at radius 3 is 3.06 bits per heavy atom. The van der Waals surface area contributed by atoms with E-state index < -0.39 is 0 Å². The third kappa shape index (κ3) is 4.43. The number of rotatable bonds is 3. The van der Waals surface area contributed by atoms with Gasteiger partial charge in [-0.2, -0.15) is 0 Å². The number of hydrogen-bond donors (Lipinski definition) is 2. The normalized spacial score (nSPS) is 9.75. The molecule has 1 aromatic heterocycles. The van der Waals surface area contributed by atoms with Crippen molar-refractivity contribution in [2.24, 2.45) is 11.7 Å². The average molecular weight is 237 g/mol. The van der Waals surface area contributed by atoms with Gasteiger partial charge in [-0.05, 0) is 5.92 Å². The van der Waals surface area contributed by atoms with Crippen molar-refractivity contribution in [3.05, 3.63) is 11.1 Å². The van der Waals surface area contributed by atoms with Gasteiger partial charge in [-0.25, -0.2) is 4.98 Å². The minimum Gasteiger partial charge on any atom is -0.320 e. The van der Waals surface area contributed by atoms with Crippen molar-refractivity contribution in [1.29, 1.82) is 0 Å². The van der Waals surface area contributed by atoms with Crippen molar-refractivity contribution in [2.45, 2.75) is 20.3 Å². The van der Waals surface area contributed by atoms with Gasteiger partial charge in [0.05, 0.1) is 17.6 Å². The summed E-state index contributed by atoms with van der Waals surface area (Å²) >= 11 is 1.36. The van der Waals surface area contributed by atoms with Crippen LogP contribution in [0.2, 0.25) is 0 Å². The second kappa shape index (κ2) is 6.26. The maximum Gasteiger partial charge on any atom is 0.226 e. The van der Waals surface area contributed by atoms with Gasteiger partial charge in [0.1, 0.15) is 0 Å². The van der Waals surface area contributed by atoms with E-state index in [1.807, 2.05) is 13.8 Å². The van der Waals surface area contributed by atoms with Gasteiger partial charge in [0.25, 0.3) is 0 Å². The van der Waals surface area contributed by atoms with E-state index in [0.29, 0.717) is 24.0 Å². The molecule has 0 saturated carbocycles. The predicted molar refractivity (Wildman–Crippen MR) is 66.1 cm³/mol. The monoisotopic (exact) mass is 237 g/mol. The number of carbonyl (C=O) groups excluding carboxylic acids is 1. The van der Waals surface area contributed by atoms with E-state index in [9.17, 15) is 4.79 Å². The highest BCUT2D eigenvalue weighted by Crippen LogP contribution is 2.17. The lowest BCUT2D eigenvalue weighted by atomic mass is 10.1. The van der Waals surface area contributed by atoms with Crippen LogP contribution in [0.4, 0.5) is 5.13 Å². The Balaban J connectivity index is 2.55. The average Bonchev–Trinajstić information content (AvgIpc) is 2.61.